The van der Waals surface area contributed by atoms with Crippen LogP contribution in [0, 0.1) is 11.6 Å². The number of carbonyl (C=O) groups is 2. The van der Waals surface area contributed by atoms with Crippen LogP contribution in [0.4, 0.5) is 13.6 Å². The molecule has 0 unspecified atom stereocenters. The SMILES string of the molecule is NC(=O)NC(=O)CSc1ccc(F)cc1F. The highest BCUT2D eigenvalue weighted by Gasteiger charge is 2.08. The van der Waals surface area contributed by atoms with Crippen molar-refractivity contribution < 1.29 is 18.4 Å². The predicted octanol–water partition coefficient (Wildman–Crippen LogP) is 1.25. The number of hydrogen-bond acceptors (Lipinski definition) is 3. The van der Waals surface area contributed by atoms with Crippen molar-refractivity contribution in [2.75, 3.05) is 5.75 Å². The van der Waals surface area contributed by atoms with Crippen molar-refractivity contribution in [2.24, 2.45) is 5.73 Å². The van der Waals surface area contributed by atoms with Crippen LogP contribution >= 0.6 is 11.8 Å². The van der Waals surface area contributed by atoms with Crippen molar-refractivity contribution in [3.63, 3.8) is 0 Å². The first kappa shape index (κ1) is 12.4. The maximum absolute atomic E-state index is 13.1. The van der Waals surface area contributed by atoms with E-state index in [0.717, 1.165) is 17.8 Å². The molecule has 1 rings (SSSR count). The second-order valence-corrected chi connectivity index (χ2v) is 3.79. The Kier molecular flexibility index (Phi) is 4.24. The summed E-state index contributed by atoms with van der Waals surface area (Å²) in [5.41, 5.74) is 4.71. The van der Waals surface area contributed by atoms with Gasteiger partial charge in [0.2, 0.25) is 5.91 Å². The van der Waals surface area contributed by atoms with Gasteiger partial charge in [-0.05, 0) is 12.1 Å². The summed E-state index contributed by atoms with van der Waals surface area (Å²) >= 11 is 0.844. The van der Waals surface area contributed by atoms with Gasteiger partial charge in [-0.15, -0.1) is 11.8 Å². The molecule has 86 valence electrons. The Balaban J connectivity index is 2.54. The van der Waals surface area contributed by atoms with Crippen molar-refractivity contribution in [1.29, 1.82) is 0 Å². The molecular weight excluding hydrogens is 238 g/mol. The van der Waals surface area contributed by atoms with Crippen molar-refractivity contribution >= 4 is 23.7 Å². The molecule has 7 heteroatoms. The quantitative estimate of drug-likeness (QED) is 0.788. The normalized spacial score (nSPS) is 9.88. The van der Waals surface area contributed by atoms with E-state index in [4.69, 9.17) is 5.73 Å². The first-order valence-electron chi connectivity index (χ1n) is 4.16. The zero-order valence-electron chi connectivity index (χ0n) is 8.00. The molecule has 3 amide bonds. The lowest BCUT2D eigenvalue weighted by Gasteiger charge is -2.02. The number of halogens is 2. The minimum Gasteiger partial charge on any atom is -0.351 e. The number of nitrogens with two attached hydrogens (primary N) is 1. The fraction of sp³-hybridized carbons (Fsp3) is 0.111. The average molecular weight is 246 g/mol. The third-order valence-electron chi connectivity index (χ3n) is 1.52. The van der Waals surface area contributed by atoms with Crippen molar-refractivity contribution in [2.45, 2.75) is 4.90 Å². The summed E-state index contributed by atoms with van der Waals surface area (Å²) in [4.78, 5) is 21.4. The topological polar surface area (TPSA) is 72.2 Å². The molecule has 0 aliphatic carbocycles. The molecule has 4 nitrogen and oxygen atoms in total. The number of imide groups is 1. The molecule has 3 N–H and O–H groups in total. The Morgan fingerprint density at radius 2 is 2.06 bits per heavy atom. The van der Waals surface area contributed by atoms with Gasteiger partial charge in [0.1, 0.15) is 11.6 Å². The molecule has 0 aliphatic heterocycles. The summed E-state index contributed by atoms with van der Waals surface area (Å²) in [6.07, 6.45) is 0. The molecule has 0 aromatic heterocycles. The maximum atomic E-state index is 13.1. The van der Waals surface area contributed by atoms with Crippen LogP contribution in [-0.2, 0) is 4.79 Å². The molecule has 0 spiro atoms. The summed E-state index contributed by atoms with van der Waals surface area (Å²) in [7, 11) is 0. The van der Waals surface area contributed by atoms with Gasteiger partial charge in [-0.1, -0.05) is 0 Å². The number of thioether (sulfide) groups is 1. The summed E-state index contributed by atoms with van der Waals surface area (Å²) in [5, 5.41) is 1.83. The van der Waals surface area contributed by atoms with Crippen LogP contribution < -0.4 is 11.1 Å². The molecule has 1 aromatic carbocycles. The van der Waals surface area contributed by atoms with Crippen LogP contribution in [0.15, 0.2) is 23.1 Å². The van der Waals surface area contributed by atoms with Crippen LogP contribution in [0.3, 0.4) is 0 Å². The third-order valence-corrected chi connectivity index (χ3v) is 2.56. The van der Waals surface area contributed by atoms with Gasteiger partial charge >= 0.3 is 6.03 Å². The number of hydrogen-bond donors (Lipinski definition) is 2. The largest absolute Gasteiger partial charge is 0.351 e. The van der Waals surface area contributed by atoms with E-state index in [1.54, 1.807) is 0 Å². The second-order valence-electron chi connectivity index (χ2n) is 2.78. The highest BCUT2D eigenvalue weighted by molar-refractivity contribution is 8.00. The Morgan fingerprint density at radius 3 is 2.62 bits per heavy atom. The molecule has 0 bridgehead atoms. The van der Waals surface area contributed by atoms with Crippen molar-refractivity contribution in [3.05, 3.63) is 29.8 Å². The van der Waals surface area contributed by atoms with Crippen LogP contribution in [0.1, 0.15) is 0 Å². The summed E-state index contributed by atoms with van der Waals surface area (Å²) in [6, 6.07) is 2.05. The zero-order chi connectivity index (χ0) is 12.1. The van der Waals surface area contributed by atoms with E-state index >= 15 is 0 Å². The van der Waals surface area contributed by atoms with Gasteiger partial charge in [-0.25, -0.2) is 13.6 Å². The number of benzene rings is 1. The van der Waals surface area contributed by atoms with Crippen LogP contribution in [0.25, 0.3) is 0 Å². The van der Waals surface area contributed by atoms with E-state index < -0.39 is 23.6 Å². The Labute approximate surface area is 94.2 Å². The molecule has 0 heterocycles. The van der Waals surface area contributed by atoms with Gasteiger partial charge in [-0.2, -0.15) is 0 Å². The number of urea groups is 1. The van der Waals surface area contributed by atoms with E-state index in [9.17, 15) is 18.4 Å². The highest BCUT2D eigenvalue weighted by atomic mass is 32.2. The zero-order valence-corrected chi connectivity index (χ0v) is 8.81. The smallest absolute Gasteiger partial charge is 0.318 e. The molecular formula is C9H8F2N2O2S. The van der Waals surface area contributed by atoms with Crippen molar-refractivity contribution in [3.8, 4) is 0 Å². The standard InChI is InChI=1S/C9H8F2N2O2S/c10-5-1-2-7(6(11)3-5)16-4-8(14)13-9(12)15/h1-3H,4H2,(H3,12,13,14,15). The summed E-state index contributed by atoms with van der Waals surface area (Å²) in [5.74, 6) is -2.26. The molecule has 0 saturated heterocycles. The van der Waals surface area contributed by atoms with Crippen LogP contribution in [-0.4, -0.2) is 17.7 Å². The Bertz CT molecular complexity index is 426. The van der Waals surface area contributed by atoms with Gasteiger partial charge in [0.25, 0.3) is 0 Å². The number of rotatable bonds is 3. The van der Waals surface area contributed by atoms with Crippen LogP contribution in [0.5, 0.6) is 0 Å². The lowest BCUT2D eigenvalue weighted by molar-refractivity contribution is -0.117. The molecule has 16 heavy (non-hydrogen) atoms. The lowest BCUT2D eigenvalue weighted by atomic mass is 10.3. The Morgan fingerprint density at radius 1 is 1.38 bits per heavy atom. The third kappa shape index (κ3) is 3.85. The first-order chi connectivity index (χ1) is 7.49. The molecule has 1 aromatic rings. The minimum atomic E-state index is -0.967. The van der Waals surface area contributed by atoms with E-state index in [2.05, 4.69) is 0 Å². The molecule has 0 fully saturated rings. The summed E-state index contributed by atoms with van der Waals surface area (Å²) < 4.78 is 25.6. The molecule has 0 aliphatic rings. The van der Waals surface area contributed by atoms with Gasteiger partial charge < -0.3 is 5.73 Å². The fourth-order valence-electron chi connectivity index (χ4n) is 0.909. The van der Waals surface area contributed by atoms with Crippen molar-refractivity contribution in [1.82, 2.24) is 5.32 Å². The predicted molar refractivity (Wildman–Crippen MR) is 54.8 cm³/mol. The number of nitrogens with one attached hydrogen (secondary N) is 1. The van der Waals surface area contributed by atoms with Gasteiger partial charge in [0.15, 0.2) is 0 Å². The van der Waals surface area contributed by atoms with E-state index in [0.29, 0.717) is 6.07 Å². The van der Waals surface area contributed by atoms with E-state index in [-0.39, 0.29) is 10.6 Å². The van der Waals surface area contributed by atoms with E-state index in [1.165, 1.54) is 6.07 Å². The maximum Gasteiger partial charge on any atom is 0.318 e. The monoisotopic (exact) mass is 246 g/mol. The molecule has 0 atom stereocenters. The fourth-order valence-corrected chi connectivity index (χ4v) is 1.63. The van der Waals surface area contributed by atoms with Gasteiger partial charge in [-0.3, -0.25) is 10.1 Å². The number of carbonyl (C=O) groups excluding carboxylic acids is 2. The Hall–Kier alpha value is -1.63. The lowest BCUT2D eigenvalue weighted by Crippen LogP contribution is -2.36. The van der Waals surface area contributed by atoms with Gasteiger partial charge in [0.05, 0.1) is 5.75 Å². The number of amides is 3. The summed E-state index contributed by atoms with van der Waals surface area (Å²) in [6.45, 7) is 0. The average Bonchev–Trinajstić information content (AvgIpc) is 2.15. The van der Waals surface area contributed by atoms with Gasteiger partial charge in [0, 0.05) is 11.0 Å². The van der Waals surface area contributed by atoms with E-state index in [1.807, 2.05) is 5.32 Å². The second kappa shape index (κ2) is 5.45. The first-order valence-corrected chi connectivity index (χ1v) is 5.14. The number of primary amides is 1. The molecule has 0 radical (unpaired) electrons. The van der Waals surface area contributed by atoms with Crippen LogP contribution in [0.2, 0.25) is 0 Å². The minimum absolute atomic E-state index is 0.126. The molecule has 0 saturated carbocycles. The highest BCUT2D eigenvalue weighted by Crippen LogP contribution is 2.21.